The standard InChI is InChI=1S/C64H116O6/c1-4-7-10-13-16-19-22-25-28-30-32-34-36-39-42-45-48-51-54-57-63(66)69-60-61(59-68-62(65)56-53-50-47-44-41-38-27-24-21-18-15-12-9-6-3)70-64(67)58-55-52-49-46-43-40-37-35-33-31-29-26-23-20-17-14-11-8-5-2/h16,19,25-26,28-29,32,34,61H,4-15,17-18,20-24,27,30-31,33,35-60H2,1-3H3/b19-16-,28-25-,29-26-,34-32-. The maximum absolute atomic E-state index is 12.9. The summed E-state index contributed by atoms with van der Waals surface area (Å²) in [6, 6.07) is 0. The van der Waals surface area contributed by atoms with Crippen molar-refractivity contribution in [2.45, 2.75) is 329 Å². The Morgan fingerprint density at radius 2 is 0.514 bits per heavy atom. The third-order valence-electron chi connectivity index (χ3n) is 13.6. The Balaban J connectivity index is 4.36. The topological polar surface area (TPSA) is 78.9 Å². The van der Waals surface area contributed by atoms with Crippen LogP contribution in [0.3, 0.4) is 0 Å². The van der Waals surface area contributed by atoms with Crippen LogP contribution >= 0.6 is 0 Å². The Morgan fingerprint density at radius 1 is 0.286 bits per heavy atom. The molecule has 408 valence electrons. The van der Waals surface area contributed by atoms with E-state index < -0.39 is 6.10 Å². The zero-order valence-corrected chi connectivity index (χ0v) is 46.8. The van der Waals surface area contributed by atoms with Crippen molar-refractivity contribution in [3.63, 3.8) is 0 Å². The van der Waals surface area contributed by atoms with Crippen molar-refractivity contribution in [2.24, 2.45) is 0 Å². The number of rotatable bonds is 56. The lowest BCUT2D eigenvalue weighted by atomic mass is 10.0. The molecule has 0 bridgehead atoms. The number of unbranched alkanes of at least 4 members (excludes halogenated alkanes) is 37. The average molecular weight is 982 g/mol. The van der Waals surface area contributed by atoms with Crippen LogP contribution in [-0.4, -0.2) is 37.2 Å². The molecular weight excluding hydrogens is 865 g/mol. The molecule has 0 rings (SSSR count). The minimum Gasteiger partial charge on any atom is -0.462 e. The van der Waals surface area contributed by atoms with Crippen LogP contribution in [0.15, 0.2) is 48.6 Å². The van der Waals surface area contributed by atoms with Gasteiger partial charge in [0, 0.05) is 19.3 Å². The lowest BCUT2D eigenvalue weighted by Crippen LogP contribution is -2.30. The van der Waals surface area contributed by atoms with E-state index in [2.05, 4.69) is 69.4 Å². The molecule has 0 aliphatic heterocycles. The van der Waals surface area contributed by atoms with E-state index in [0.717, 1.165) is 77.0 Å². The van der Waals surface area contributed by atoms with Crippen molar-refractivity contribution in [1.82, 2.24) is 0 Å². The minimum absolute atomic E-state index is 0.0747. The van der Waals surface area contributed by atoms with Crippen LogP contribution in [0.25, 0.3) is 0 Å². The second kappa shape index (κ2) is 58.9. The van der Waals surface area contributed by atoms with Gasteiger partial charge in [-0.1, -0.05) is 268 Å². The molecule has 0 spiro atoms. The number of allylic oxidation sites excluding steroid dienone is 8. The molecule has 0 aliphatic rings. The predicted octanol–water partition coefficient (Wildman–Crippen LogP) is 20.6. The molecule has 0 aromatic rings. The summed E-state index contributed by atoms with van der Waals surface area (Å²) in [6.07, 6.45) is 72.4. The summed E-state index contributed by atoms with van der Waals surface area (Å²) in [5.74, 6) is -0.872. The van der Waals surface area contributed by atoms with E-state index in [1.165, 1.54) is 205 Å². The Morgan fingerprint density at radius 3 is 0.843 bits per heavy atom. The highest BCUT2D eigenvalue weighted by Gasteiger charge is 2.19. The Labute approximate surface area is 435 Å². The third kappa shape index (κ3) is 56.3. The number of hydrogen-bond donors (Lipinski definition) is 0. The van der Waals surface area contributed by atoms with Crippen molar-refractivity contribution in [3.05, 3.63) is 48.6 Å². The average Bonchev–Trinajstić information content (AvgIpc) is 3.36. The van der Waals surface area contributed by atoms with Gasteiger partial charge in [-0.25, -0.2) is 0 Å². The number of ether oxygens (including phenoxy) is 3. The summed E-state index contributed by atoms with van der Waals surface area (Å²) in [5, 5.41) is 0. The third-order valence-corrected chi connectivity index (χ3v) is 13.6. The normalized spacial score (nSPS) is 12.3. The van der Waals surface area contributed by atoms with Gasteiger partial charge in [-0.05, 0) is 83.5 Å². The first-order chi connectivity index (χ1) is 34.5. The van der Waals surface area contributed by atoms with E-state index in [9.17, 15) is 14.4 Å². The van der Waals surface area contributed by atoms with E-state index in [4.69, 9.17) is 14.2 Å². The summed E-state index contributed by atoms with van der Waals surface area (Å²) >= 11 is 0. The maximum atomic E-state index is 12.9. The van der Waals surface area contributed by atoms with Gasteiger partial charge < -0.3 is 14.2 Å². The van der Waals surface area contributed by atoms with E-state index in [-0.39, 0.29) is 31.1 Å². The maximum Gasteiger partial charge on any atom is 0.306 e. The Bertz CT molecular complexity index is 1220. The highest BCUT2D eigenvalue weighted by molar-refractivity contribution is 5.71. The first-order valence-corrected chi connectivity index (χ1v) is 30.6. The van der Waals surface area contributed by atoms with Gasteiger partial charge >= 0.3 is 17.9 Å². The lowest BCUT2D eigenvalue weighted by Gasteiger charge is -2.18. The zero-order valence-electron chi connectivity index (χ0n) is 46.8. The summed E-state index contributed by atoms with van der Waals surface area (Å²) in [4.78, 5) is 38.2. The molecule has 0 aliphatic carbocycles. The van der Waals surface area contributed by atoms with Crippen molar-refractivity contribution < 1.29 is 28.6 Å². The van der Waals surface area contributed by atoms with E-state index in [0.29, 0.717) is 19.3 Å². The van der Waals surface area contributed by atoms with Crippen LogP contribution in [0.2, 0.25) is 0 Å². The van der Waals surface area contributed by atoms with Gasteiger partial charge in [-0.15, -0.1) is 0 Å². The molecule has 1 atom stereocenters. The number of carbonyl (C=O) groups excluding carboxylic acids is 3. The fourth-order valence-electron chi connectivity index (χ4n) is 8.92. The van der Waals surface area contributed by atoms with E-state index in [1.54, 1.807) is 0 Å². The van der Waals surface area contributed by atoms with E-state index in [1.807, 2.05) is 0 Å². The fraction of sp³-hybridized carbons (Fsp3) is 0.828. The summed E-state index contributed by atoms with van der Waals surface area (Å²) in [5.41, 5.74) is 0. The smallest absolute Gasteiger partial charge is 0.306 e. The molecule has 6 nitrogen and oxygen atoms in total. The van der Waals surface area contributed by atoms with Crippen molar-refractivity contribution >= 4 is 17.9 Å². The molecule has 0 radical (unpaired) electrons. The van der Waals surface area contributed by atoms with Crippen molar-refractivity contribution in [1.29, 1.82) is 0 Å². The van der Waals surface area contributed by atoms with Gasteiger partial charge in [0.25, 0.3) is 0 Å². The SMILES string of the molecule is CCCCC/C=C\C/C=C\C/C=C\CCCCCCCCC(=O)OCC(COC(=O)CCCCCCCCCCCCCCCC)OC(=O)CCCCCCCCCCC/C=C\CCCCCCCC. The van der Waals surface area contributed by atoms with Crippen LogP contribution < -0.4 is 0 Å². The van der Waals surface area contributed by atoms with Gasteiger partial charge in [0.15, 0.2) is 6.10 Å². The second-order valence-corrected chi connectivity index (χ2v) is 20.6. The predicted molar refractivity (Wildman–Crippen MR) is 302 cm³/mol. The Kier molecular flexibility index (Phi) is 56.7. The van der Waals surface area contributed by atoms with Crippen LogP contribution in [0.1, 0.15) is 323 Å². The largest absolute Gasteiger partial charge is 0.462 e. The summed E-state index contributed by atoms with van der Waals surface area (Å²) < 4.78 is 16.9. The monoisotopic (exact) mass is 981 g/mol. The molecule has 0 saturated carbocycles. The summed E-state index contributed by atoms with van der Waals surface area (Å²) in [7, 11) is 0. The molecule has 0 saturated heterocycles. The molecule has 0 N–H and O–H groups in total. The molecular formula is C64H116O6. The minimum atomic E-state index is -0.778. The quantitative estimate of drug-likeness (QED) is 0.0261. The highest BCUT2D eigenvalue weighted by atomic mass is 16.6. The van der Waals surface area contributed by atoms with Crippen molar-refractivity contribution in [2.75, 3.05) is 13.2 Å². The molecule has 0 aromatic heterocycles. The van der Waals surface area contributed by atoms with E-state index >= 15 is 0 Å². The number of esters is 3. The first kappa shape index (κ1) is 67.4. The highest BCUT2D eigenvalue weighted by Crippen LogP contribution is 2.16. The molecule has 0 heterocycles. The molecule has 0 amide bonds. The summed E-state index contributed by atoms with van der Waals surface area (Å²) in [6.45, 7) is 6.64. The fourth-order valence-corrected chi connectivity index (χ4v) is 8.92. The zero-order chi connectivity index (χ0) is 50.7. The van der Waals surface area contributed by atoms with Crippen LogP contribution in [-0.2, 0) is 28.6 Å². The molecule has 0 aromatic carbocycles. The van der Waals surface area contributed by atoms with Gasteiger partial charge in [0.2, 0.25) is 0 Å². The van der Waals surface area contributed by atoms with Gasteiger partial charge in [-0.3, -0.25) is 14.4 Å². The van der Waals surface area contributed by atoms with Crippen molar-refractivity contribution in [3.8, 4) is 0 Å². The number of carbonyl (C=O) groups is 3. The van der Waals surface area contributed by atoms with Crippen LogP contribution in [0, 0.1) is 0 Å². The van der Waals surface area contributed by atoms with Gasteiger partial charge in [0.05, 0.1) is 0 Å². The Hall–Kier alpha value is -2.63. The lowest BCUT2D eigenvalue weighted by molar-refractivity contribution is -0.167. The van der Waals surface area contributed by atoms with Crippen LogP contribution in [0.5, 0.6) is 0 Å². The molecule has 70 heavy (non-hydrogen) atoms. The first-order valence-electron chi connectivity index (χ1n) is 30.6. The van der Waals surface area contributed by atoms with Gasteiger partial charge in [0.1, 0.15) is 13.2 Å². The number of hydrogen-bond acceptors (Lipinski definition) is 6. The van der Waals surface area contributed by atoms with Crippen LogP contribution in [0.4, 0.5) is 0 Å². The second-order valence-electron chi connectivity index (χ2n) is 20.6. The van der Waals surface area contributed by atoms with Gasteiger partial charge in [-0.2, -0.15) is 0 Å². The molecule has 0 fully saturated rings. The molecule has 1 unspecified atom stereocenters. The molecule has 6 heteroatoms.